The van der Waals surface area contributed by atoms with Crippen molar-refractivity contribution < 1.29 is 22.3 Å². The summed E-state index contributed by atoms with van der Waals surface area (Å²) < 4.78 is 54.6. The minimum atomic E-state index is -4.36. The van der Waals surface area contributed by atoms with Gasteiger partial charge in [-0.3, -0.25) is 0 Å². The first-order valence-electron chi connectivity index (χ1n) is 5.42. The maximum atomic E-state index is 13.0. The number of fused-ring (bicyclic) bond motifs is 1. The van der Waals surface area contributed by atoms with Crippen molar-refractivity contribution in [2.45, 2.75) is 12.7 Å². The van der Waals surface area contributed by atoms with Gasteiger partial charge in [-0.2, -0.15) is 13.2 Å². The molecular formula is C11H11F4N3O. The highest BCUT2D eigenvalue weighted by Crippen LogP contribution is 2.19. The van der Waals surface area contributed by atoms with E-state index >= 15 is 0 Å². The van der Waals surface area contributed by atoms with E-state index in [0.717, 1.165) is 0 Å². The molecule has 0 saturated carbocycles. The summed E-state index contributed by atoms with van der Waals surface area (Å²) >= 11 is 0. The number of hydrogen-bond donors (Lipinski definition) is 1. The zero-order valence-corrected chi connectivity index (χ0v) is 9.75. The van der Waals surface area contributed by atoms with Crippen LogP contribution in [0, 0.1) is 5.82 Å². The van der Waals surface area contributed by atoms with E-state index in [0.29, 0.717) is 11.0 Å². The van der Waals surface area contributed by atoms with Gasteiger partial charge in [-0.15, -0.1) is 0 Å². The van der Waals surface area contributed by atoms with Gasteiger partial charge in [-0.25, -0.2) is 9.37 Å². The smallest absolute Gasteiger partial charge is 0.370 e. The van der Waals surface area contributed by atoms with Crippen molar-refractivity contribution in [2.75, 3.05) is 18.9 Å². The summed E-state index contributed by atoms with van der Waals surface area (Å²) in [6.07, 6.45) is -4.36. The number of ether oxygens (including phenoxy) is 1. The summed E-state index contributed by atoms with van der Waals surface area (Å²) in [4.78, 5) is 3.92. The van der Waals surface area contributed by atoms with E-state index in [1.165, 1.54) is 22.8 Å². The summed E-state index contributed by atoms with van der Waals surface area (Å²) in [6.45, 7) is -1.36. The van der Waals surface area contributed by atoms with Crippen molar-refractivity contribution in [1.29, 1.82) is 0 Å². The molecule has 1 aromatic carbocycles. The largest absolute Gasteiger partial charge is 0.411 e. The van der Waals surface area contributed by atoms with Crippen LogP contribution < -0.4 is 5.73 Å². The number of anilines is 1. The number of nitrogens with two attached hydrogens (primary N) is 1. The van der Waals surface area contributed by atoms with Gasteiger partial charge in [0, 0.05) is 12.6 Å². The molecule has 0 atom stereocenters. The number of alkyl halides is 3. The highest BCUT2D eigenvalue weighted by Gasteiger charge is 2.27. The van der Waals surface area contributed by atoms with Crippen molar-refractivity contribution in [3.63, 3.8) is 0 Å². The Bertz CT molecular complexity index is 579. The molecule has 8 heteroatoms. The Morgan fingerprint density at radius 3 is 2.74 bits per heavy atom. The first kappa shape index (κ1) is 13.6. The van der Waals surface area contributed by atoms with Gasteiger partial charge >= 0.3 is 6.18 Å². The minimum absolute atomic E-state index is 0.108. The monoisotopic (exact) mass is 277 g/mol. The van der Waals surface area contributed by atoms with Crippen molar-refractivity contribution in [3.05, 3.63) is 24.0 Å². The van der Waals surface area contributed by atoms with Crippen molar-refractivity contribution >= 4 is 17.0 Å². The quantitative estimate of drug-likeness (QED) is 0.689. The predicted octanol–water partition coefficient (Wildman–Crippen LogP) is 2.34. The molecule has 19 heavy (non-hydrogen) atoms. The van der Waals surface area contributed by atoms with Gasteiger partial charge in [0.15, 0.2) is 0 Å². The lowest BCUT2D eigenvalue weighted by atomic mass is 10.3. The van der Waals surface area contributed by atoms with Gasteiger partial charge in [0.1, 0.15) is 12.4 Å². The lowest BCUT2D eigenvalue weighted by Crippen LogP contribution is -2.19. The second-order valence-corrected chi connectivity index (χ2v) is 3.92. The lowest BCUT2D eigenvalue weighted by Gasteiger charge is -2.09. The van der Waals surface area contributed by atoms with Crippen molar-refractivity contribution in [3.8, 4) is 0 Å². The third kappa shape index (κ3) is 3.34. The number of benzene rings is 1. The molecule has 0 aliphatic rings. The van der Waals surface area contributed by atoms with Crippen LogP contribution in [0.15, 0.2) is 18.2 Å². The summed E-state index contributed by atoms with van der Waals surface area (Å²) in [5.41, 5.74) is 6.53. The molecular weight excluding hydrogens is 266 g/mol. The number of imidazole rings is 1. The maximum Gasteiger partial charge on any atom is 0.411 e. The summed E-state index contributed by atoms with van der Waals surface area (Å²) in [7, 11) is 0. The standard InChI is InChI=1S/C11H11F4N3O/c12-7-1-2-9-8(5-7)17-10(16)18(9)3-4-19-6-11(13,14)15/h1-2,5H,3-4,6H2,(H2,16,17). The highest BCUT2D eigenvalue weighted by atomic mass is 19.4. The Kier molecular flexibility index (Phi) is 3.61. The van der Waals surface area contributed by atoms with E-state index in [1.807, 2.05) is 0 Å². The number of rotatable bonds is 4. The maximum absolute atomic E-state index is 13.0. The first-order chi connectivity index (χ1) is 8.87. The fraction of sp³-hybridized carbons (Fsp3) is 0.364. The molecule has 4 nitrogen and oxygen atoms in total. The van der Waals surface area contributed by atoms with E-state index in [4.69, 9.17) is 5.73 Å². The Morgan fingerprint density at radius 1 is 1.32 bits per heavy atom. The second-order valence-electron chi connectivity index (χ2n) is 3.92. The molecule has 0 aliphatic heterocycles. The summed E-state index contributed by atoms with van der Waals surface area (Å²) in [5, 5.41) is 0. The molecule has 0 radical (unpaired) electrons. The molecule has 0 spiro atoms. The van der Waals surface area contributed by atoms with Crippen LogP contribution >= 0.6 is 0 Å². The Hall–Kier alpha value is -1.83. The molecule has 0 fully saturated rings. The van der Waals surface area contributed by atoms with Gasteiger partial charge < -0.3 is 15.0 Å². The summed E-state index contributed by atoms with van der Waals surface area (Å²) in [6, 6.07) is 3.91. The Labute approximate surface area is 105 Å². The molecule has 1 aromatic heterocycles. The van der Waals surface area contributed by atoms with Gasteiger partial charge in [-0.1, -0.05) is 0 Å². The summed E-state index contributed by atoms with van der Waals surface area (Å²) in [5.74, 6) is -0.346. The average molecular weight is 277 g/mol. The fourth-order valence-electron chi connectivity index (χ4n) is 1.70. The zero-order valence-electron chi connectivity index (χ0n) is 9.75. The van der Waals surface area contributed by atoms with Crippen LogP contribution in [0.3, 0.4) is 0 Å². The number of aromatic nitrogens is 2. The van der Waals surface area contributed by atoms with Gasteiger partial charge in [-0.05, 0) is 12.1 Å². The van der Waals surface area contributed by atoms with Crippen molar-refractivity contribution in [1.82, 2.24) is 9.55 Å². The molecule has 1 heterocycles. The van der Waals surface area contributed by atoms with Crippen molar-refractivity contribution in [2.24, 2.45) is 0 Å². The number of hydrogen-bond acceptors (Lipinski definition) is 3. The number of nitrogens with zero attached hydrogens (tertiary/aromatic N) is 2. The third-order valence-corrected chi connectivity index (χ3v) is 2.46. The minimum Gasteiger partial charge on any atom is -0.370 e. The topological polar surface area (TPSA) is 53.1 Å². The van der Waals surface area contributed by atoms with Gasteiger partial charge in [0.2, 0.25) is 5.95 Å². The van der Waals surface area contributed by atoms with Crippen LogP contribution in [0.5, 0.6) is 0 Å². The third-order valence-electron chi connectivity index (χ3n) is 2.46. The van der Waals surface area contributed by atoms with Crippen LogP contribution in [-0.2, 0) is 11.3 Å². The van der Waals surface area contributed by atoms with E-state index in [-0.39, 0.29) is 19.1 Å². The number of halogens is 4. The van der Waals surface area contributed by atoms with E-state index in [9.17, 15) is 17.6 Å². The average Bonchev–Trinajstić information content (AvgIpc) is 2.58. The molecule has 2 aromatic rings. The highest BCUT2D eigenvalue weighted by molar-refractivity contribution is 5.78. The van der Waals surface area contributed by atoms with Crippen LogP contribution in [0.1, 0.15) is 0 Å². The lowest BCUT2D eigenvalue weighted by molar-refractivity contribution is -0.174. The molecule has 0 bridgehead atoms. The Morgan fingerprint density at radius 2 is 2.05 bits per heavy atom. The van der Waals surface area contributed by atoms with Gasteiger partial charge in [0.25, 0.3) is 0 Å². The molecule has 0 aliphatic carbocycles. The van der Waals surface area contributed by atoms with E-state index < -0.39 is 18.6 Å². The van der Waals surface area contributed by atoms with Crippen LogP contribution in [0.2, 0.25) is 0 Å². The molecule has 0 saturated heterocycles. The SMILES string of the molecule is Nc1nc2cc(F)ccc2n1CCOCC(F)(F)F. The Balaban J connectivity index is 2.06. The number of nitrogen functional groups attached to an aromatic ring is 1. The molecule has 0 amide bonds. The zero-order chi connectivity index (χ0) is 14.0. The first-order valence-corrected chi connectivity index (χ1v) is 5.42. The molecule has 2 rings (SSSR count). The van der Waals surface area contributed by atoms with Crippen LogP contribution in [0.25, 0.3) is 11.0 Å². The van der Waals surface area contributed by atoms with E-state index in [2.05, 4.69) is 9.72 Å². The molecule has 104 valence electrons. The second kappa shape index (κ2) is 5.04. The molecule has 0 unspecified atom stereocenters. The van der Waals surface area contributed by atoms with E-state index in [1.54, 1.807) is 0 Å². The fourth-order valence-corrected chi connectivity index (χ4v) is 1.70. The predicted molar refractivity (Wildman–Crippen MR) is 61.0 cm³/mol. The molecule has 2 N–H and O–H groups in total. The normalized spacial score (nSPS) is 12.2. The van der Waals surface area contributed by atoms with Crippen LogP contribution in [0.4, 0.5) is 23.5 Å². The van der Waals surface area contributed by atoms with Gasteiger partial charge in [0.05, 0.1) is 17.6 Å². The van der Waals surface area contributed by atoms with Crippen LogP contribution in [-0.4, -0.2) is 28.9 Å².